The van der Waals surface area contributed by atoms with Crippen LogP contribution in [0.15, 0.2) is 60.7 Å². The summed E-state index contributed by atoms with van der Waals surface area (Å²) in [4.78, 5) is 0. The molecule has 0 bridgehead atoms. The normalized spacial score (nSPS) is 26.0. The Kier molecular flexibility index (Phi) is 9.23. The lowest BCUT2D eigenvalue weighted by atomic mass is 9.83. The summed E-state index contributed by atoms with van der Waals surface area (Å²) in [6, 6.07) is 19.8. The fourth-order valence-corrected chi connectivity index (χ4v) is 3.73. The van der Waals surface area contributed by atoms with E-state index in [1.54, 1.807) is 0 Å². The molecule has 32 heavy (non-hydrogen) atoms. The molecular weight excluding hydrogens is 473 g/mol. The lowest BCUT2D eigenvalue weighted by Crippen LogP contribution is -2.53. The quantitative estimate of drug-likeness (QED) is 0.268. The summed E-state index contributed by atoms with van der Waals surface area (Å²) >= 11 is 17.5. The van der Waals surface area contributed by atoms with Gasteiger partial charge >= 0.3 is 0 Å². The summed E-state index contributed by atoms with van der Waals surface area (Å²) in [7, 11) is 0. The van der Waals surface area contributed by atoms with E-state index >= 15 is 0 Å². The first-order valence-electron chi connectivity index (χ1n) is 10.5. The molecule has 8 heteroatoms. The van der Waals surface area contributed by atoms with E-state index < -0.39 is 22.1 Å². The maximum atomic E-state index is 8.01. The van der Waals surface area contributed by atoms with Gasteiger partial charge in [-0.3, -0.25) is 5.41 Å². The van der Waals surface area contributed by atoms with Crippen molar-refractivity contribution in [2.45, 2.75) is 49.4 Å². The third-order valence-corrected chi connectivity index (χ3v) is 6.20. The van der Waals surface area contributed by atoms with Gasteiger partial charge in [0.2, 0.25) is 12.2 Å². The van der Waals surface area contributed by atoms with E-state index in [2.05, 4.69) is 13.8 Å². The number of nitrogens with one attached hydrogen (secondary N) is 1. The van der Waals surface area contributed by atoms with Crippen LogP contribution >= 0.6 is 34.8 Å². The minimum Gasteiger partial charge on any atom is -0.445 e. The highest BCUT2D eigenvalue weighted by atomic mass is 35.6. The van der Waals surface area contributed by atoms with Crippen LogP contribution in [-0.2, 0) is 32.2 Å². The van der Waals surface area contributed by atoms with Gasteiger partial charge in [0, 0.05) is 0 Å². The topological polar surface area (TPSA) is 60.8 Å². The van der Waals surface area contributed by atoms with Crippen molar-refractivity contribution >= 4 is 40.7 Å². The number of benzene rings is 2. The maximum absolute atomic E-state index is 8.01. The number of alkyl halides is 3. The van der Waals surface area contributed by atoms with Crippen LogP contribution in [0.4, 0.5) is 0 Å². The summed E-state index contributed by atoms with van der Waals surface area (Å²) in [5, 5.41) is 8.01. The molecule has 0 aliphatic carbocycles. The van der Waals surface area contributed by atoms with Gasteiger partial charge in [0.05, 0.1) is 25.9 Å². The first-order chi connectivity index (χ1) is 15.3. The summed E-state index contributed by atoms with van der Waals surface area (Å²) in [5.74, 6) is -0.342. The highest BCUT2D eigenvalue weighted by Crippen LogP contribution is 2.36. The van der Waals surface area contributed by atoms with Crippen molar-refractivity contribution in [2.24, 2.45) is 11.8 Å². The molecule has 0 radical (unpaired) electrons. The first-order valence-corrected chi connectivity index (χ1v) is 11.6. The second-order valence-corrected chi connectivity index (χ2v) is 10.2. The van der Waals surface area contributed by atoms with Crippen LogP contribution in [0.3, 0.4) is 0 Å². The van der Waals surface area contributed by atoms with Crippen LogP contribution in [0.1, 0.15) is 25.0 Å². The largest absolute Gasteiger partial charge is 0.445 e. The Hall–Kier alpha value is -1.34. The van der Waals surface area contributed by atoms with E-state index in [1.165, 1.54) is 0 Å². The number of halogens is 3. The zero-order chi connectivity index (χ0) is 23.1. The van der Waals surface area contributed by atoms with Gasteiger partial charge in [0.15, 0.2) is 0 Å². The van der Waals surface area contributed by atoms with Crippen LogP contribution in [0, 0.1) is 17.2 Å². The Labute approximate surface area is 204 Å². The minimum atomic E-state index is -1.99. The van der Waals surface area contributed by atoms with Crippen molar-refractivity contribution in [1.29, 1.82) is 5.41 Å². The van der Waals surface area contributed by atoms with E-state index in [0.29, 0.717) is 19.8 Å². The molecule has 2 aromatic carbocycles. The van der Waals surface area contributed by atoms with E-state index in [4.69, 9.17) is 59.2 Å². The Bertz CT molecular complexity index is 845. The highest BCUT2D eigenvalue weighted by molar-refractivity contribution is 6.76. The van der Waals surface area contributed by atoms with Crippen LogP contribution < -0.4 is 0 Å². The fraction of sp³-hybridized carbons (Fsp3) is 0.458. The molecular formula is C24H28Cl3NO4. The molecule has 5 atom stereocenters. The summed E-state index contributed by atoms with van der Waals surface area (Å²) in [5.41, 5.74) is 2.11. The van der Waals surface area contributed by atoms with Crippen LogP contribution in [-0.4, -0.2) is 34.8 Å². The van der Waals surface area contributed by atoms with E-state index in [1.807, 2.05) is 60.7 Å². The van der Waals surface area contributed by atoms with Crippen LogP contribution in [0.2, 0.25) is 0 Å². The molecule has 0 aromatic heterocycles. The Morgan fingerprint density at radius 1 is 0.906 bits per heavy atom. The number of hydrogen-bond acceptors (Lipinski definition) is 5. The lowest BCUT2D eigenvalue weighted by Gasteiger charge is -2.44. The number of ether oxygens (including phenoxy) is 4. The predicted molar refractivity (Wildman–Crippen MR) is 127 cm³/mol. The molecule has 1 N–H and O–H groups in total. The third-order valence-electron chi connectivity index (χ3n) is 5.68. The fourth-order valence-electron chi connectivity index (χ4n) is 3.59. The molecule has 0 amide bonds. The van der Waals surface area contributed by atoms with Crippen molar-refractivity contribution in [1.82, 2.24) is 0 Å². The Morgan fingerprint density at radius 2 is 1.47 bits per heavy atom. The van der Waals surface area contributed by atoms with Crippen molar-refractivity contribution in [3.05, 3.63) is 71.8 Å². The van der Waals surface area contributed by atoms with Gasteiger partial charge in [-0.25, -0.2) is 0 Å². The molecule has 5 nitrogen and oxygen atoms in total. The van der Waals surface area contributed by atoms with Gasteiger partial charge in [0.1, 0.15) is 6.10 Å². The van der Waals surface area contributed by atoms with E-state index in [9.17, 15) is 0 Å². The molecule has 1 aliphatic heterocycles. The average molecular weight is 501 g/mol. The highest BCUT2D eigenvalue weighted by Gasteiger charge is 2.45. The molecule has 174 valence electrons. The standard InChI is InChI=1S/C24H28Cl3NO4/c1-16-17(2)21(30-14-19-11-7-4-8-12-19)22(32-23(28)24(25,26)27)31-20(16)15-29-13-18-9-5-3-6-10-18/h3-12,16-17,20-22,28H,13-15H2,1-2H3/t16-,17-,20?,21?,22-/m0/s1. The second kappa shape index (κ2) is 11.7. The zero-order valence-electron chi connectivity index (χ0n) is 18.0. The maximum Gasteiger partial charge on any atom is 0.265 e. The van der Waals surface area contributed by atoms with Crippen molar-refractivity contribution in [3.63, 3.8) is 0 Å². The average Bonchev–Trinajstić information content (AvgIpc) is 2.77. The first kappa shape index (κ1) is 25.3. The summed E-state index contributed by atoms with van der Waals surface area (Å²) in [6.07, 6.45) is -1.62. The molecule has 0 spiro atoms. The van der Waals surface area contributed by atoms with Gasteiger partial charge in [0.25, 0.3) is 3.79 Å². The predicted octanol–water partition coefficient (Wildman–Crippen LogP) is 6.15. The SMILES string of the molecule is C[C@@H]1C(COCc2ccccc2)O[C@@H](OC(=N)C(Cl)(Cl)Cl)C(OCc2ccccc2)[C@H]1C. The third kappa shape index (κ3) is 7.08. The lowest BCUT2D eigenvalue weighted by molar-refractivity contribution is -0.266. The molecule has 2 unspecified atom stereocenters. The molecule has 3 rings (SSSR count). The van der Waals surface area contributed by atoms with Gasteiger partial charge in [-0.15, -0.1) is 0 Å². The Balaban J connectivity index is 1.67. The van der Waals surface area contributed by atoms with Crippen LogP contribution in [0.25, 0.3) is 0 Å². The van der Waals surface area contributed by atoms with E-state index in [-0.39, 0.29) is 17.9 Å². The molecule has 1 fully saturated rings. The van der Waals surface area contributed by atoms with Crippen molar-refractivity contribution in [2.75, 3.05) is 6.61 Å². The van der Waals surface area contributed by atoms with Gasteiger partial charge in [-0.05, 0) is 23.0 Å². The van der Waals surface area contributed by atoms with E-state index in [0.717, 1.165) is 11.1 Å². The summed E-state index contributed by atoms with van der Waals surface area (Å²) in [6.45, 7) is 5.39. The molecule has 2 aromatic rings. The molecule has 0 saturated carbocycles. The van der Waals surface area contributed by atoms with Crippen molar-refractivity contribution < 1.29 is 18.9 Å². The van der Waals surface area contributed by atoms with Crippen LogP contribution in [0.5, 0.6) is 0 Å². The number of hydrogen-bond donors (Lipinski definition) is 1. The molecule has 1 aliphatic rings. The Morgan fingerprint density at radius 3 is 2.03 bits per heavy atom. The minimum absolute atomic E-state index is 0.0472. The van der Waals surface area contributed by atoms with Gasteiger partial charge < -0.3 is 18.9 Å². The number of rotatable bonds is 8. The second-order valence-electron chi connectivity index (χ2n) is 7.97. The summed E-state index contributed by atoms with van der Waals surface area (Å²) < 4.78 is 21.9. The smallest absolute Gasteiger partial charge is 0.265 e. The van der Waals surface area contributed by atoms with Gasteiger partial charge in [-0.2, -0.15) is 0 Å². The molecule has 1 heterocycles. The monoisotopic (exact) mass is 499 g/mol. The van der Waals surface area contributed by atoms with Gasteiger partial charge in [-0.1, -0.05) is 109 Å². The zero-order valence-corrected chi connectivity index (χ0v) is 20.3. The van der Waals surface area contributed by atoms with Crippen molar-refractivity contribution in [3.8, 4) is 0 Å². The molecule has 1 saturated heterocycles.